The van der Waals surface area contributed by atoms with Crippen molar-refractivity contribution in [3.8, 4) is 0 Å². The number of nitrogens with one attached hydrogen (secondary N) is 1. The molecule has 0 amide bonds. The number of aryl methyl sites for hydroxylation is 1. The molecule has 2 aliphatic rings. The van der Waals surface area contributed by atoms with Gasteiger partial charge in [-0.05, 0) is 51.3 Å². The van der Waals surface area contributed by atoms with E-state index in [4.69, 9.17) is 4.74 Å². The zero-order chi connectivity index (χ0) is 19.9. The second-order valence-corrected chi connectivity index (χ2v) is 8.34. The first-order valence-corrected chi connectivity index (χ1v) is 11.0. The molecular formula is C23H38N4O. The number of aliphatic imine (C=N–C) groups is 1. The van der Waals surface area contributed by atoms with Gasteiger partial charge in [-0.3, -0.25) is 9.89 Å². The van der Waals surface area contributed by atoms with Crippen molar-refractivity contribution in [3.05, 3.63) is 35.4 Å². The third-order valence-electron chi connectivity index (χ3n) is 6.34. The van der Waals surface area contributed by atoms with Crippen LogP contribution in [-0.2, 0) is 4.74 Å². The Morgan fingerprint density at radius 2 is 2.04 bits per heavy atom. The Bertz CT molecular complexity index is 630. The van der Waals surface area contributed by atoms with Crippen LogP contribution in [0.4, 0.5) is 0 Å². The van der Waals surface area contributed by atoms with Crippen molar-refractivity contribution in [1.29, 1.82) is 0 Å². The van der Waals surface area contributed by atoms with E-state index in [1.54, 1.807) is 0 Å². The van der Waals surface area contributed by atoms with Crippen LogP contribution in [0.15, 0.2) is 29.3 Å². The molecule has 2 saturated heterocycles. The predicted octanol–water partition coefficient (Wildman–Crippen LogP) is 3.45. The van der Waals surface area contributed by atoms with E-state index in [-0.39, 0.29) is 6.10 Å². The Labute approximate surface area is 171 Å². The van der Waals surface area contributed by atoms with Gasteiger partial charge in [0.15, 0.2) is 5.96 Å². The van der Waals surface area contributed by atoms with E-state index >= 15 is 0 Å². The zero-order valence-electron chi connectivity index (χ0n) is 18.2. The van der Waals surface area contributed by atoms with Gasteiger partial charge in [0, 0.05) is 45.8 Å². The predicted molar refractivity (Wildman–Crippen MR) is 117 cm³/mol. The van der Waals surface area contributed by atoms with Gasteiger partial charge < -0.3 is 15.0 Å². The summed E-state index contributed by atoms with van der Waals surface area (Å²) < 4.78 is 6.18. The molecule has 2 heterocycles. The molecule has 0 bridgehead atoms. The van der Waals surface area contributed by atoms with Crippen LogP contribution in [0.25, 0.3) is 0 Å². The van der Waals surface area contributed by atoms with Crippen molar-refractivity contribution < 1.29 is 4.74 Å². The highest BCUT2D eigenvalue weighted by Gasteiger charge is 2.29. The number of hydrogen-bond acceptors (Lipinski definition) is 3. The number of rotatable bonds is 6. The summed E-state index contributed by atoms with van der Waals surface area (Å²) in [7, 11) is 4.05. The third-order valence-corrected chi connectivity index (χ3v) is 6.34. The highest BCUT2D eigenvalue weighted by Crippen LogP contribution is 2.33. The van der Waals surface area contributed by atoms with Crippen molar-refractivity contribution in [2.75, 3.05) is 46.9 Å². The van der Waals surface area contributed by atoms with E-state index in [0.29, 0.717) is 12.0 Å². The monoisotopic (exact) mass is 386 g/mol. The third kappa shape index (κ3) is 5.26. The Kier molecular flexibility index (Phi) is 7.74. The fraction of sp³-hybridized carbons (Fsp3) is 0.696. The number of likely N-dealkylation sites (tertiary alicyclic amines) is 1. The second kappa shape index (κ2) is 10.3. The van der Waals surface area contributed by atoms with Gasteiger partial charge in [0.05, 0.1) is 6.10 Å². The van der Waals surface area contributed by atoms with E-state index < -0.39 is 0 Å². The molecule has 2 aliphatic heterocycles. The molecule has 0 radical (unpaired) electrons. The number of ether oxygens (including phenoxy) is 1. The molecule has 1 aromatic rings. The number of guanidine groups is 1. The van der Waals surface area contributed by atoms with Crippen LogP contribution in [0.3, 0.4) is 0 Å². The fourth-order valence-electron chi connectivity index (χ4n) is 4.70. The molecule has 0 aromatic heterocycles. The lowest BCUT2D eigenvalue weighted by molar-refractivity contribution is -0.0266. The molecule has 1 aromatic carbocycles. The quantitative estimate of drug-likeness (QED) is 0.600. The number of likely N-dealkylation sites (N-methyl/N-ethyl adjacent to an activating group) is 2. The van der Waals surface area contributed by atoms with E-state index in [9.17, 15) is 0 Å². The highest BCUT2D eigenvalue weighted by atomic mass is 16.5. The summed E-state index contributed by atoms with van der Waals surface area (Å²) in [5, 5.41) is 3.63. The van der Waals surface area contributed by atoms with Crippen molar-refractivity contribution in [3.63, 3.8) is 0 Å². The van der Waals surface area contributed by atoms with Crippen LogP contribution in [0.5, 0.6) is 0 Å². The smallest absolute Gasteiger partial charge is 0.193 e. The topological polar surface area (TPSA) is 40.1 Å². The van der Waals surface area contributed by atoms with Gasteiger partial charge in [0.2, 0.25) is 0 Å². The summed E-state index contributed by atoms with van der Waals surface area (Å²) in [6, 6.07) is 9.46. The maximum Gasteiger partial charge on any atom is 0.193 e. The minimum absolute atomic E-state index is 0.177. The van der Waals surface area contributed by atoms with Gasteiger partial charge in [0.1, 0.15) is 0 Å². The molecular weight excluding hydrogens is 348 g/mol. The summed E-state index contributed by atoms with van der Waals surface area (Å²) in [6.45, 7) is 9.57. The molecule has 0 spiro atoms. The lowest BCUT2D eigenvalue weighted by Gasteiger charge is -2.34. The molecule has 0 saturated carbocycles. The van der Waals surface area contributed by atoms with Gasteiger partial charge in [-0.25, -0.2) is 0 Å². The van der Waals surface area contributed by atoms with Crippen LogP contribution in [0.2, 0.25) is 0 Å². The lowest BCUT2D eigenvalue weighted by Crippen LogP contribution is -2.47. The van der Waals surface area contributed by atoms with Gasteiger partial charge >= 0.3 is 0 Å². The number of nitrogens with zero attached hydrogens (tertiary/aromatic N) is 3. The minimum Gasteiger partial charge on any atom is -0.373 e. The molecule has 2 fully saturated rings. The summed E-state index contributed by atoms with van der Waals surface area (Å²) in [4.78, 5) is 9.43. The van der Waals surface area contributed by atoms with Crippen LogP contribution in [-0.4, -0.2) is 68.7 Å². The molecule has 5 heteroatoms. The summed E-state index contributed by atoms with van der Waals surface area (Å²) in [5.74, 6) is 1.47. The van der Waals surface area contributed by atoms with Gasteiger partial charge in [-0.2, -0.15) is 0 Å². The summed E-state index contributed by atoms with van der Waals surface area (Å²) >= 11 is 0. The standard InChI is InChI=1S/C23H38N4O/c1-5-27-14-6-9-21(27)17-26(4)23(24-3)25-16-20-8-7-15-28-22(20)19-12-10-18(2)11-13-19/h10-13,20-22H,5-9,14-17H2,1-4H3,(H,24,25). The molecule has 3 unspecified atom stereocenters. The summed E-state index contributed by atoms with van der Waals surface area (Å²) in [5.41, 5.74) is 2.59. The average molecular weight is 387 g/mol. The highest BCUT2D eigenvalue weighted by molar-refractivity contribution is 5.79. The Hall–Kier alpha value is -1.59. The molecule has 5 nitrogen and oxygen atoms in total. The molecule has 156 valence electrons. The second-order valence-electron chi connectivity index (χ2n) is 8.34. The van der Waals surface area contributed by atoms with Crippen molar-refractivity contribution in [2.45, 2.75) is 51.7 Å². The first kappa shape index (κ1) is 21.1. The van der Waals surface area contributed by atoms with E-state index in [2.05, 4.69) is 65.3 Å². The maximum absolute atomic E-state index is 6.18. The normalized spacial score (nSPS) is 26.4. The fourth-order valence-corrected chi connectivity index (χ4v) is 4.70. The molecule has 3 atom stereocenters. The first-order valence-electron chi connectivity index (χ1n) is 11.0. The Morgan fingerprint density at radius 3 is 2.75 bits per heavy atom. The maximum atomic E-state index is 6.18. The van der Waals surface area contributed by atoms with E-state index in [1.807, 2.05) is 7.05 Å². The van der Waals surface area contributed by atoms with Crippen molar-refractivity contribution >= 4 is 5.96 Å². The van der Waals surface area contributed by atoms with Crippen LogP contribution >= 0.6 is 0 Å². The van der Waals surface area contributed by atoms with Crippen molar-refractivity contribution in [1.82, 2.24) is 15.1 Å². The van der Waals surface area contributed by atoms with Crippen molar-refractivity contribution in [2.24, 2.45) is 10.9 Å². The number of hydrogen-bond donors (Lipinski definition) is 1. The van der Waals surface area contributed by atoms with E-state index in [0.717, 1.165) is 38.6 Å². The average Bonchev–Trinajstić information content (AvgIpc) is 3.16. The summed E-state index contributed by atoms with van der Waals surface area (Å²) in [6.07, 6.45) is 5.11. The van der Waals surface area contributed by atoms with E-state index in [1.165, 1.54) is 36.9 Å². The largest absolute Gasteiger partial charge is 0.373 e. The SMILES string of the molecule is CCN1CCCC1CN(C)C(=NC)NCC1CCCOC1c1ccc(C)cc1. The Morgan fingerprint density at radius 1 is 1.25 bits per heavy atom. The van der Waals surface area contributed by atoms with Gasteiger partial charge in [-0.15, -0.1) is 0 Å². The Balaban J connectivity index is 1.57. The van der Waals surface area contributed by atoms with Crippen LogP contribution in [0, 0.1) is 12.8 Å². The molecule has 28 heavy (non-hydrogen) atoms. The zero-order valence-corrected chi connectivity index (χ0v) is 18.2. The van der Waals surface area contributed by atoms with Crippen LogP contribution < -0.4 is 5.32 Å². The lowest BCUT2D eigenvalue weighted by atomic mass is 9.89. The van der Waals surface area contributed by atoms with Gasteiger partial charge in [0.25, 0.3) is 0 Å². The first-order chi connectivity index (χ1) is 13.6. The molecule has 0 aliphatic carbocycles. The van der Waals surface area contributed by atoms with Crippen LogP contribution in [0.1, 0.15) is 49.8 Å². The molecule has 3 rings (SSSR count). The molecule has 1 N–H and O–H groups in total. The number of benzene rings is 1. The van der Waals surface area contributed by atoms with Gasteiger partial charge in [-0.1, -0.05) is 36.8 Å². The minimum atomic E-state index is 0.177.